The third-order valence-electron chi connectivity index (χ3n) is 24.4. The number of hydrogen-bond acceptors (Lipinski definition) is 12. The maximum atomic E-state index is 5.13. The zero-order valence-electron chi connectivity index (χ0n) is 74.9. The smallest absolute Gasteiger partial charge is 0.164 e. The first kappa shape index (κ1) is 84.7. The molecular weight excluding hydrogens is 1680 g/mol. The van der Waals surface area contributed by atoms with E-state index in [4.69, 9.17) is 59.8 Å². The van der Waals surface area contributed by atoms with E-state index < -0.39 is 0 Å². The van der Waals surface area contributed by atoms with E-state index in [-0.39, 0.29) is 0 Å². The van der Waals surface area contributed by atoms with Crippen LogP contribution in [0.1, 0.15) is 0 Å². The maximum Gasteiger partial charge on any atom is 0.164 e. The summed E-state index contributed by atoms with van der Waals surface area (Å²) < 4.78 is 0. The van der Waals surface area contributed by atoms with Crippen LogP contribution in [0.3, 0.4) is 0 Å². The molecule has 0 aliphatic heterocycles. The molecule has 0 fully saturated rings. The lowest BCUT2D eigenvalue weighted by molar-refractivity contribution is 1.07. The molecule has 0 spiro atoms. The Kier molecular flexibility index (Phi) is 24.2. The maximum absolute atomic E-state index is 5.13. The second-order valence-electron chi connectivity index (χ2n) is 33.5. The molecular formula is C126H84N12. The highest BCUT2D eigenvalue weighted by atomic mass is 15.1. The second-order valence-corrected chi connectivity index (χ2v) is 33.5. The highest BCUT2D eigenvalue weighted by molar-refractivity contribution is 5.85. The molecule has 0 N–H and O–H groups in total. The fourth-order valence-corrected chi connectivity index (χ4v) is 17.2. The molecule has 0 radical (unpaired) electrons. The Bertz CT molecular complexity index is 7920. The summed E-state index contributed by atoms with van der Waals surface area (Å²) in [7, 11) is 0. The van der Waals surface area contributed by atoms with Crippen LogP contribution in [-0.2, 0) is 0 Å². The molecule has 0 bridgehead atoms. The average molecular weight is 1770 g/mol. The zero-order chi connectivity index (χ0) is 92.1. The van der Waals surface area contributed by atoms with Crippen molar-refractivity contribution in [1.82, 2.24) is 59.8 Å². The molecule has 0 aliphatic rings. The van der Waals surface area contributed by atoms with E-state index in [0.29, 0.717) is 69.9 Å². The average Bonchev–Trinajstić information content (AvgIpc) is 0.794. The minimum atomic E-state index is 0.599. The van der Waals surface area contributed by atoms with E-state index in [1.54, 1.807) is 0 Å². The van der Waals surface area contributed by atoms with Crippen LogP contribution in [0.25, 0.3) is 237 Å². The summed E-state index contributed by atoms with van der Waals surface area (Å²) in [4.78, 5) is 60.4. The highest BCUT2D eigenvalue weighted by Gasteiger charge is 2.21. The van der Waals surface area contributed by atoms with Gasteiger partial charge in [0.15, 0.2) is 69.9 Å². The monoisotopic (exact) mass is 1760 g/mol. The van der Waals surface area contributed by atoms with Crippen LogP contribution in [0.4, 0.5) is 0 Å². The third-order valence-corrected chi connectivity index (χ3v) is 24.4. The summed E-state index contributed by atoms with van der Waals surface area (Å²) in [6.45, 7) is 0. The first-order valence-corrected chi connectivity index (χ1v) is 45.9. The predicted molar refractivity (Wildman–Crippen MR) is 561 cm³/mol. The number of aromatic nitrogens is 12. The highest BCUT2D eigenvalue weighted by Crippen LogP contribution is 2.40. The van der Waals surface area contributed by atoms with Crippen molar-refractivity contribution in [1.29, 1.82) is 0 Å². The molecule has 4 aromatic heterocycles. The van der Waals surface area contributed by atoms with Crippen molar-refractivity contribution in [2.24, 2.45) is 0 Å². The molecule has 23 rings (SSSR count). The van der Waals surface area contributed by atoms with E-state index in [2.05, 4.69) is 364 Å². The molecule has 648 valence electrons. The van der Waals surface area contributed by atoms with Gasteiger partial charge in [-0.2, -0.15) is 0 Å². The van der Waals surface area contributed by atoms with Gasteiger partial charge in [0.2, 0.25) is 0 Å². The van der Waals surface area contributed by atoms with E-state index in [1.165, 1.54) is 0 Å². The topological polar surface area (TPSA) is 155 Å². The van der Waals surface area contributed by atoms with E-state index >= 15 is 0 Å². The van der Waals surface area contributed by atoms with Crippen molar-refractivity contribution >= 4 is 0 Å². The fraction of sp³-hybridized carbons (Fsp3) is 0. The Morgan fingerprint density at radius 3 is 0.297 bits per heavy atom. The van der Waals surface area contributed by atoms with E-state index in [1.807, 2.05) is 146 Å². The molecule has 12 nitrogen and oxygen atoms in total. The molecule has 0 amide bonds. The van der Waals surface area contributed by atoms with Crippen molar-refractivity contribution in [3.63, 3.8) is 0 Å². The molecule has 19 aromatic carbocycles. The van der Waals surface area contributed by atoms with Gasteiger partial charge in [0.1, 0.15) is 0 Å². The van der Waals surface area contributed by atoms with Gasteiger partial charge >= 0.3 is 0 Å². The van der Waals surface area contributed by atoms with Crippen molar-refractivity contribution in [3.05, 3.63) is 510 Å². The Morgan fingerprint density at radius 2 is 0.152 bits per heavy atom. The van der Waals surface area contributed by atoms with Crippen LogP contribution >= 0.6 is 0 Å². The van der Waals surface area contributed by atoms with Gasteiger partial charge in [0.25, 0.3) is 0 Å². The molecule has 23 aromatic rings. The lowest BCUT2D eigenvalue weighted by atomic mass is 9.95. The first-order valence-electron chi connectivity index (χ1n) is 45.9. The first-order chi connectivity index (χ1) is 68.3. The zero-order valence-corrected chi connectivity index (χ0v) is 74.9. The van der Waals surface area contributed by atoms with Gasteiger partial charge in [-0.05, 0) is 143 Å². The third kappa shape index (κ3) is 19.2. The molecule has 0 aliphatic carbocycles. The molecule has 138 heavy (non-hydrogen) atoms. The Labute approximate surface area is 800 Å². The van der Waals surface area contributed by atoms with Crippen molar-refractivity contribution < 1.29 is 0 Å². The van der Waals surface area contributed by atoms with Crippen LogP contribution in [0, 0.1) is 0 Å². The number of hydrogen-bond donors (Lipinski definition) is 0. The lowest BCUT2D eigenvalue weighted by Crippen LogP contribution is -2.00. The lowest BCUT2D eigenvalue weighted by Gasteiger charge is -2.12. The van der Waals surface area contributed by atoms with Crippen LogP contribution in [-0.4, -0.2) is 59.8 Å². The van der Waals surface area contributed by atoms with Gasteiger partial charge in [-0.3, -0.25) is 0 Å². The van der Waals surface area contributed by atoms with Crippen LogP contribution in [0.2, 0.25) is 0 Å². The quantitative estimate of drug-likeness (QED) is 0.0672. The molecule has 12 heteroatoms. The fourth-order valence-electron chi connectivity index (χ4n) is 17.2. The van der Waals surface area contributed by atoms with Crippen LogP contribution in [0.15, 0.2) is 510 Å². The molecule has 0 saturated carbocycles. The minimum absolute atomic E-state index is 0.599. The number of rotatable bonds is 21. The van der Waals surface area contributed by atoms with Crippen molar-refractivity contribution in [3.8, 4) is 237 Å². The Hall–Kier alpha value is -18.8. The molecule has 0 unspecified atom stereocenters. The SMILES string of the molecule is c1ccc(-c2ccc(-c3nc(-c4ccc(-c5ccccc5)cc4)nc(-c4cccc(-c5cccc(-c6cccc(-c7cccc(-c8nc(-c9ccccc9)nc(-c9ccccc9)n8)c7)c6)c5)c4)n3)cc2)cc1.c1ccc(-c2ccc(-c3nc(-c4ccc(-c5ccccc5)cc4)nc(-c4cccc(-c5cccc(-c6cccc(-c7nc(-c8ccccc8)nc(-c8ccccc8)n7)c6)c5)c4)n3)cc2)cc1. The van der Waals surface area contributed by atoms with Gasteiger partial charge < -0.3 is 0 Å². The van der Waals surface area contributed by atoms with Gasteiger partial charge in [-0.15, -0.1) is 0 Å². The Balaban J connectivity index is 0.000000160. The predicted octanol–water partition coefficient (Wildman–Crippen LogP) is 31.1. The van der Waals surface area contributed by atoms with Crippen LogP contribution in [0.5, 0.6) is 0 Å². The van der Waals surface area contributed by atoms with Crippen molar-refractivity contribution in [2.75, 3.05) is 0 Å². The Morgan fingerprint density at radius 1 is 0.0652 bits per heavy atom. The summed E-state index contributed by atoms with van der Waals surface area (Å²) in [5.41, 5.74) is 30.9. The van der Waals surface area contributed by atoms with Gasteiger partial charge in [0, 0.05) is 66.8 Å². The second kappa shape index (κ2) is 39.3. The summed E-state index contributed by atoms with van der Waals surface area (Å²) in [6.07, 6.45) is 0. The summed E-state index contributed by atoms with van der Waals surface area (Å²) >= 11 is 0. The molecule has 0 saturated heterocycles. The molecule has 4 heterocycles. The van der Waals surface area contributed by atoms with Gasteiger partial charge in [0.05, 0.1) is 0 Å². The summed E-state index contributed by atoms with van der Waals surface area (Å²) in [5, 5.41) is 0. The van der Waals surface area contributed by atoms with Gasteiger partial charge in [-0.1, -0.05) is 467 Å². The van der Waals surface area contributed by atoms with Crippen molar-refractivity contribution in [2.45, 2.75) is 0 Å². The summed E-state index contributed by atoms with van der Waals surface area (Å²) in [6, 6.07) is 175. The van der Waals surface area contributed by atoms with E-state index in [0.717, 1.165) is 167 Å². The number of nitrogens with zero attached hydrogens (tertiary/aromatic N) is 12. The van der Waals surface area contributed by atoms with Gasteiger partial charge in [-0.25, -0.2) is 59.8 Å². The minimum Gasteiger partial charge on any atom is -0.208 e. The normalized spacial score (nSPS) is 11.0. The van der Waals surface area contributed by atoms with Crippen LogP contribution < -0.4 is 0 Å². The standard InChI is InChI=1S/C66H44N6.C60H40N6/c1-5-17-45(18-6-1)47-33-37-51(38-34-47)63-68-64(52-39-35-48(36-40-52)46-19-7-2-8-20-46)72-66(71-63)60-32-16-30-58(44-60)56-28-14-26-54(42-56)53-25-13-27-55(41-53)57-29-15-31-59(43-57)65-69-61(49-21-9-3-10-22-49)67-62(70-65)50-23-11-4-12-24-50;1-5-16-41(17-6-1)43-30-34-47(35-31-43)57-62-58(48-36-32-44(33-37-48)42-18-7-2-8-19-42)66-60(65-57)54-29-15-27-52(40-54)50-25-13-24-49(38-50)51-26-14-28-53(39-51)59-63-55(45-20-9-3-10-21-45)61-56(64-59)46-22-11-4-12-23-46/h1-44H;1-40H. The summed E-state index contributed by atoms with van der Waals surface area (Å²) in [5.74, 6) is 7.41. The number of benzene rings is 19. The molecule has 0 atom stereocenters. The van der Waals surface area contributed by atoms with E-state index in [9.17, 15) is 0 Å². The largest absolute Gasteiger partial charge is 0.208 e.